The molecular weight excluding hydrogens is 402 g/mol. The van der Waals surface area contributed by atoms with Gasteiger partial charge in [-0.2, -0.15) is 8.78 Å². The van der Waals surface area contributed by atoms with Crippen molar-refractivity contribution in [2.45, 2.75) is 32.2 Å². The molecule has 1 aromatic heterocycles. The van der Waals surface area contributed by atoms with Gasteiger partial charge in [-0.25, -0.2) is 4.79 Å². The van der Waals surface area contributed by atoms with E-state index in [0.29, 0.717) is 24.3 Å². The Kier molecular flexibility index (Phi) is 7.44. The van der Waals surface area contributed by atoms with Gasteiger partial charge in [0.15, 0.2) is 0 Å². The van der Waals surface area contributed by atoms with Gasteiger partial charge in [-0.3, -0.25) is 9.88 Å². The van der Waals surface area contributed by atoms with Crippen LogP contribution in [-0.4, -0.2) is 33.6 Å². The fourth-order valence-electron chi connectivity index (χ4n) is 3.31. The van der Waals surface area contributed by atoms with Gasteiger partial charge < -0.3 is 9.84 Å². The van der Waals surface area contributed by atoms with Gasteiger partial charge in [-0.15, -0.1) is 0 Å². The minimum absolute atomic E-state index is 0.0656. The number of nitrogens with zero attached hydrogens (tertiary/aromatic N) is 2. The van der Waals surface area contributed by atoms with Gasteiger partial charge in [-0.05, 0) is 35.7 Å². The average molecular weight is 426 g/mol. The molecule has 3 rings (SSSR count). The molecule has 31 heavy (non-hydrogen) atoms. The normalized spacial score (nSPS) is 12.6. The summed E-state index contributed by atoms with van der Waals surface area (Å²) in [7, 11) is 0. The molecule has 0 radical (unpaired) electrons. The highest BCUT2D eigenvalue weighted by atomic mass is 19.3. The zero-order valence-corrected chi connectivity index (χ0v) is 17.1. The number of aryl methyl sites for hydroxylation is 1. The third kappa shape index (κ3) is 6.67. The van der Waals surface area contributed by atoms with Crippen LogP contribution in [0.25, 0.3) is 0 Å². The number of carboxylic acid groups (broad SMARTS) is 1. The zero-order chi connectivity index (χ0) is 22.3. The molecular formula is C24H24F2N2O3. The SMILES string of the molecule is Cc1cc(C(CN(Cc2ccccc2)Cc2ccccc2)OC(F)(F)C(=O)O)ccn1. The van der Waals surface area contributed by atoms with Crippen molar-refractivity contribution < 1.29 is 23.4 Å². The van der Waals surface area contributed by atoms with Crippen LogP contribution in [0.3, 0.4) is 0 Å². The molecule has 0 aliphatic rings. The van der Waals surface area contributed by atoms with Crippen LogP contribution < -0.4 is 0 Å². The second kappa shape index (κ2) is 10.2. The highest BCUT2D eigenvalue weighted by molar-refractivity contribution is 5.73. The highest BCUT2D eigenvalue weighted by Gasteiger charge is 2.43. The van der Waals surface area contributed by atoms with Crippen molar-refractivity contribution in [3.63, 3.8) is 0 Å². The summed E-state index contributed by atoms with van der Waals surface area (Å²) < 4.78 is 32.9. The van der Waals surface area contributed by atoms with Crippen molar-refractivity contribution in [2.75, 3.05) is 6.54 Å². The second-order valence-corrected chi connectivity index (χ2v) is 7.30. The number of alkyl halides is 2. The minimum Gasteiger partial charge on any atom is -0.475 e. The predicted octanol–water partition coefficient (Wildman–Crippen LogP) is 4.83. The van der Waals surface area contributed by atoms with Gasteiger partial charge >= 0.3 is 12.1 Å². The molecule has 0 aliphatic heterocycles. The fourth-order valence-corrected chi connectivity index (χ4v) is 3.31. The van der Waals surface area contributed by atoms with Crippen LogP contribution in [0.5, 0.6) is 0 Å². The number of carboxylic acids is 1. The summed E-state index contributed by atoms with van der Waals surface area (Å²) in [5.74, 6) is -2.32. The third-order valence-corrected chi connectivity index (χ3v) is 4.75. The second-order valence-electron chi connectivity index (χ2n) is 7.30. The number of benzene rings is 2. The van der Waals surface area contributed by atoms with Crippen molar-refractivity contribution in [3.8, 4) is 0 Å². The van der Waals surface area contributed by atoms with E-state index in [0.717, 1.165) is 11.1 Å². The summed E-state index contributed by atoms with van der Waals surface area (Å²) in [4.78, 5) is 17.1. The number of ether oxygens (including phenoxy) is 1. The van der Waals surface area contributed by atoms with Crippen molar-refractivity contribution in [2.24, 2.45) is 0 Å². The molecule has 7 heteroatoms. The Morgan fingerprint density at radius 1 is 1.03 bits per heavy atom. The maximum absolute atomic E-state index is 14.0. The zero-order valence-electron chi connectivity index (χ0n) is 17.1. The number of carbonyl (C=O) groups is 1. The first kappa shape index (κ1) is 22.5. The molecule has 0 saturated carbocycles. The van der Waals surface area contributed by atoms with Gasteiger partial charge in [0.2, 0.25) is 0 Å². The van der Waals surface area contributed by atoms with Gasteiger partial charge in [-0.1, -0.05) is 60.7 Å². The molecule has 162 valence electrons. The van der Waals surface area contributed by atoms with Gasteiger partial charge in [0.05, 0.1) is 0 Å². The topological polar surface area (TPSA) is 62.7 Å². The first-order valence-electron chi connectivity index (χ1n) is 9.85. The standard InChI is InChI=1S/C24H24F2N2O3/c1-18-14-21(12-13-27-18)22(31-24(25,26)23(29)30)17-28(15-19-8-4-2-5-9-19)16-20-10-6-3-7-11-20/h2-14,22H,15-17H2,1H3,(H,29,30). The van der Waals surface area contributed by atoms with E-state index >= 15 is 0 Å². The average Bonchev–Trinajstić information content (AvgIpc) is 2.74. The molecule has 1 atom stereocenters. The molecule has 0 bridgehead atoms. The lowest BCUT2D eigenvalue weighted by Crippen LogP contribution is -2.37. The largest absolute Gasteiger partial charge is 0.475 e. The van der Waals surface area contributed by atoms with E-state index in [-0.39, 0.29) is 6.54 Å². The Bertz CT molecular complexity index is 943. The number of hydrogen-bond donors (Lipinski definition) is 1. The highest BCUT2D eigenvalue weighted by Crippen LogP contribution is 2.29. The van der Waals surface area contributed by atoms with E-state index in [2.05, 4.69) is 4.98 Å². The maximum Gasteiger partial charge on any atom is 0.456 e. The molecule has 1 heterocycles. The summed E-state index contributed by atoms with van der Waals surface area (Å²) in [5.41, 5.74) is 3.09. The van der Waals surface area contributed by atoms with Gasteiger partial charge in [0, 0.05) is 31.5 Å². The maximum atomic E-state index is 14.0. The summed E-state index contributed by atoms with van der Waals surface area (Å²) in [5, 5.41) is 8.90. The Morgan fingerprint density at radius 2 is 1.58 bits per heavy atom. The Balaban J connectivity index is 1.90. The lowest BCUT2D eigenvalue weighted by Gasteiger charge is -2.29. The van der Waals surface area contributed by atoms with Gasteiger partial charge in [0.1, 0.15) is 6.10 Å². The van der Waals surface area contributed by atoms with E-state index < -0.39 is 18.2 Å². The van der Waals surface area contributed by atoms with Crippen LogP contribution in [0.2, 0.25) is 0 Å². The minimum atomic E-state index is -4.31. The van der Waals surface area contributed by atoms with E-state index in [1.54, 1.807) is 19.1 Å². The molecule has 0 saturated heterocycles. The number of aliphatic carboxylic acids is 1. The van der Waals surface area contributed by atoms with Crippen molar-refractivity contribution in [1.29, 1.82) is 0 Å². The van der Waals surface area contributed by atoms with Crippen LogP contribution in [0, 0.1) is 6.92 Å². The predicted molar refractivity (Wildman–Crippen MR) is 112 cm³/mol. The molecule has 5 nitrogen and oxygen atoms in total. The van der Waals surface area contributed by atoms with Crippen molar-refractivity contribution in [3.05, 3.63) is 101 Å². The Hall–Kier alpha value is -3.16. The number of halogens is 2. The van der Waals surface area contributed by atoms with E-state index in [1.165, 1.54) is 6.20 Å². The molecule has 0 spiro atoms. The first-order valence-corrected chi connectivity index (χ1v) is 9.85. The van der Waals surface area contributed by atoms with Crippen molar-refractivity contribution >= 4 is 5.97 Å². The van der Waals surface area contributed by atoms with Crippen LogP contribution >= 0.6 is 0 Å². The van der Waals surface area contributed by atoms with Gasteiger partial charge in [0.25, 0.3) is 0 Å². The molecule has 2 aromatic carbocycles. The summed E-state index contributed by atoms with van der Waals surface area (Å²) in [6, 6.07) is 22.5. The lowest BCUT2D eigenvalue weighted by atomic mass is 10.1. The first-order chi connectivity index (χ1) is 14.8. The summed E-state index contributed by atoms with van der Waals surface area (Å²) >= 11 is 0. The monoisotopic (exact) mass is 426 g/mol. The quantitative estimate of drug-likeness (QED) is 0.503. The number of hydrogen-bond acceptors (Lipinski definition) is 4. The van der Waals surface area contributed by atoms with E-state index in [4.69, 9.17) is 9.84 Å². The van der Waals surface area contributed by atoms with Crippen molar-refractivity contribution in [1.82, 2.24) is 9.88 Å². The molecule has 0 fully saturated rings. The molecule has 0 aliphatic carbocycles. The fraction of sp³-hybridized carbons (Fsp3) is 0.250. The van der Waals surface area contributed by atoms with Crippen LogP contribution in [0.1, 0.15) is 28.5 Å². The third-order valence-electron chi connectivity index (χ3n) is 4.75. The smallest absolute Gasteiger partial charge is 0.456 e. The molecule has 3 aromatic rings. The summed E-state index contributed by atoms with van der Waals surface area (Å²) in [6.07, 6.45) is -3.98. The molecule has 0 amide bonds. The number of rotatable bonds is 10. The Labute approximate surface area is 179 Å². The number of pyridine rings is 1. The van der Waals surface area contributed by atoms with E-state index in [1.807, 2.05) is 65.6 Å². The summed E-state index contributed by atoms with van der Waals surface area (Å²) in [6.45, 7) is 2.77. The van der Waals surface area contributed by atoms with Crippen LogP contribution in [0.4, 0.5) is 8.78 Å². The lowest BCUT2D eigenvalue weighted by molar-refractivity contribution is -0.266. The molecule has 1 unspecified atom stereocenters. The van der Waals surface area contributed by atoms with Crippen LogP contribution in [0.15, 0.2) is 79.0 Å². The molecule has 1 N–H and O–H groups in total. The number of aromatic nitrogens is 1. The van der Waals surface area contributed by atoms with Crippen LogP contribution in [-0.2, 0) is 22.6 Å². The Morgan fingerprint density at radius 3 is 2.06 bits per heavy atom. The van der Waals surface area contributed by atoms with E-state index in [9.17, 15) is 13.6 Å².